The Bertz CT molecular complexity index is 431. The van der Waals surface area contributed by atoms with Crippen LogP contribution in [-0.4, -0.2) is 54.9 Å². The monoisotopic (exact) mass is 395 g/mol. The maximum atomic E-state index is 5.38. The Morgan fingerprint density at radius 2 is 2.35 bits per heavy atom. The molecule has 1 aromatic heterocycles. The minimum atomic E-state index is 0. The van der Waals surface area contributed by atoms with Crippen LogP contribution in [0.25, 0.3) is 0 Å². The van der Waals surface area contributed by atoms with Gasteiger partial charge in [0, 0.05) is 40.1 Å². The Morgan fingerprint density at radius 3 is 2.90 bits per heavy atom. The average Bonchev–Trinajstić information content (AvgIpc) is 3.02. The Morgan fingerprint density at radius 1 is 1.55 bits per heavy atom. The van der Waals surface area contributed by atoms with E-state index in [2.05, 4.69) is 25.3 Å². The molecular weight excluding hydrogens is 373 g/mol. The smallest absolute Gasteiger partial charge is 0.223 e. The number of aliphatic imine (C=N–C) groups is 1. The summed E-state index contributed by atoms with van der Waals surface area (Å²) in [5.74, 6) is 2.62. The van der Waals surface area contributed by atoms with Crippen molar-refractivity contribution in [1.29, 1.82) is 0 Å². The van der Waals surface area contributed by atoms with Gasteiger partial charge in [0.1, 0.15) is 0 Å². The number of aromatic nitrogens is 2. The zero-order chi connectivity index (χ0) is 13.7. The number of halogens is 1. The molecule has 7 nitrogen and oxygen atoms in total. The van der Waals surface area contributed by atoms with Crippen molar-refractivity contribution in [3.05, 3.63) is 11.7 Å². The highest BCUT2D eigenvalue weighted by atomic mass is 127. The van der Waals surface area contributed by atoms with E-state index in [9.17, 15) is 0 Å². The summed E-state index contributed by atoms with van der Waals surface area (Å²) in [6.45, 7) is 4.93. The lowest BCUT2D eigenvalue weighted by atomic mass is 10.1. The van der Waals surface area contributed by atoms with Crippen LogP contribution in [0, 0.1) is 12.8 Å². The molecule has 1 unspecified atom stereocenters. The van der Waals surface area contributed by atoms with Crippen molar-refractivity contribution in [2.45, 2.75) is 19.9 Å². The first-order valence-electron chi connectivity index (χ1n) is 6.47. The van der Waals surface area contributed by atoms with Gasteiger partial charge in [0.15, 0.2) is 11.8 Å². The number of rotatable bonds is 4. The molecule has 1 aromatic rings. The first-order valence-corrected chi connectivity index (χ1v) is 6.47. The average molecular weight is 395 g/mol. The highest BCUT2D eigenvalue weighted by Gasteiger charge is 2.19. The lowest BCUT2D eigenvalue weighted by Crippen LogP contribution is -2.41. The molecule has 1 aliphatic rings. The Balaban J connectivity index is 0.00000200. The van der Waals surface area contributed by atoms with Crippen LogP contribution in [-0.2, 0) is 11.3 Å². The molecular formula is C12H22IN5O2. The molecule has 2 rings (SSSR count). The van der Waals surface area contributed by atoms with E-state index in [1.165, 1.54) is 0 Å². The minimum Gasteiger partial charge on any atom is -0.381 e. The van der Waals surface area contributed by atoms with Crippen LogP contribution in [0.15, 0.2) is 9.52 Å². The molecule has 0 aromatic carbocycles. The van der Waals surface area contributed by atoms with E-state index in [1.54, 1.807) is 14.0 Å². The lowest BCUT2D eigenvalue weighted by Gasteiger charge is -2.24. The van der Waals surface area contributed by atoms with E-state index in [0.29, 0.717) is 24.2 Å². The van der Waals surface area contributed by atoms with Crippen LogP contribution in [0.1, 0.15) is 18.1 Å². The Labute approximate surface area is 136 Å². The Kier molecular flexibility index (Phi) is 7.20. The molecule has 20 heavy (non-hydrogen) atoms. The summed E-state index contributed by atoms with van der Waals surface area (Å²) in [4.78, 5) is 10.5. The summed E-state index contributed by atoms with van der Waals surface area (Å²) in [5, 5.41) is 7.07. The number of ether oxygens (including phenoxy) is 1. The fourth-order valence-corrected chi connectivity index (χ4v) is 2.16. The number of nitrogens with one attached hydrogen (secondary N) is 1. The second-order valence-corrected chi connectivity index (χ2v) is 4.74. The third-order valence-electron chi connectivity index (χ3n) is 3.10. The van der Waals surface area contributed by atoms with E-state index in [0.717, 1.165) is 32.1 Å². The third-order valence-corrected chi connectivity index (χ3v) is 3.10. The summed E-state index contributed by atoms with van der Waals surface area (Å²) < 4.78 is 10.3. The topological polar surface area (TPSA) is 75.8 Å². The van der Waals surface area contributed by atoms with Crippen molar-refractivity contribution in [3.8, 4) is 0 Å². The maximum Gasteiger partial charge on any atom is 0.223 e. The van der Waals surface area contributed by atoms with E-state index in [1.807, 2.05) is 7.05 Å². The number of nitrogens with zero attached hydrogens (tertiary/aromatic N) is 4. The first-order chi connectivity index (χ1) is 9.19. The third kappa shape index (κ3) is 4.89. The predicted octanol–water partition coefficient (Wildman–Crippen LogP) is 1.04. The SMILES string of the molecule is CN=C(NCc1noc(C)n1)N(C)CC1CCOC1.I. The summed E-state index contributed by atoms with van der Waals surface area (Å²) in [6, 6.07) is 0. The van der Waals surface area contributed by atoms with Crippen molar-refractivity contribution in [3.63, 3.8) is 0 Å². The number of hydrogen-bond acceptors (Lipinski definition) is 5. The first kappa shape index (κ1) is 17.2. The van der Waals surface area contributed by atoms with Gasteiger partial charge in [0.25, 0.3) is 0 Å². The molecule has 1 N–H and O–H groups in total. The second kappa shape index (κ2) is 8.40. The molecule has 0 aliphatic carbocycles. The Hall–Kier alpha value is -0.900. The quantitative estimate of drug-likeness (QED) is 0.467. The van der Waals surface area contributed by atoms with E-state index in [-0.39, 0.29) is 24.0 Å². The van der Waals surface area contributed by atoms with Crippen LogP contribution < -0.4 is 5.32 Å². The van der Waals surface area contributed by atoms with Crippen LogP contribution in [0.2, 0.25) is 0 Å². The zero-order valence-electron chi connectivity index (χ0n) is 12.1. The van der Waals surface area contributed by atoms with E-state index < -0.39 is 0 Å². The summed E-state index contributed by atoms with van der Waals surface area (Å²) in [5.41, 5.74) is 0. The van der Waals surface area contributed by atoms with Crippen molar-refractivity contribution >= 4 is 29.9 Å². The number of hydrogen-bond donors (Lipinski definition) is 1. The number of aryl methyl sites for hydroxylation is 1. The van der Waals surface area contributed by atoms with Gasteiger partial charge in [-0.05, 0) is 6.42 Å². The molecule has 0 radical (unpaired) electrons. The summed E-state index contributed by atoms with van der Waals surface area (Å²) in [6.07, 6.45) is 1.12. The van der Waals surface area contributed by atoms with Crippen LogP contribution in [0.3, 0.4) is 0 Å². The fraction of sp³-hybridized carbons (Fsp3) is 0.750. The normalized spacial score (nSPS) is 18.8. The summed E-state index contributed by atoms with van der Waals surface area (Å²) >= 11 is 0. The van der Waals surface area contributed by atoms with Crippen molar-refractivity contribution in [1.82, 2.24) is 20.4 Å². The van der Waals surface area contributed by atoms with Crippen LogP contribution >= 0.6 is 24.0 Å². The van der Waals surface area contributed by atoms with Gasteiger partial charge in [-0.15, -0.1) is 24.0 Å². The van der Waals surface area contributed by atoms with Gasteiger partial charge >= 0.3 is 0 Å². The molecule has 1 atom stereocenters. The number of guanidine groups is 1. The van der Waals surface area contributed by atoms with E-state index in [4.69, 9.17) is 9.26 Å². The van der Waals surface area contributed by atoms with Gasteiger partial charge in [-0.3, -0.25) is 4.99 Å². The molecule has 114 valence electrons. The summed E-state index contributed by atoms with van der Waals surface area (Å²) in [7, 11) is 3.79. The molecule has 1 fully saturated rings. The van der Waals surface area contributed by atoms with Crippen molar-refractivity contribution < 1.29 is 9.26 Å². The molecule has 0 spiro atoms. The molecule has 0 saturated carbocycles. The van der Waals surface area contributed by atoms with Gasteiger partial charge in [-0.1, -0.05) is 5.16 Å². The fourth-order valence-electron chi connectivity index (χ4n) is 2.16. The highest BCUT2D eigenvalue weighted by Crippen LogP contribution is 2.13. The molecule has 0 bridgehead atoms. The maximum absolute atomic E-state index is 5.38. The molecule has 8 heteroatoms. The lowest BCUT2D eigenvalue weighted by molar-refractivity contribution is 0.181. The van der Waals surface area contributed by atoms with Crippen LogP contribution in [0.4, 0.5) is 0 Å². The van der Waals surface area contributed by atoms with Gasteiger partial charge in [-0.25, -0.2) is 0 Å². The largest absolute Gasteiger partial charge is 0.381 e. The minimum absolute atomic E-state index is 0. The van der Waals surface area contributed by atoms with Crippen molar-refractivity contribution in [2.75, 3.05) is 33.9 Å². The molecule has 2 heterocycles. The highest BCUT2D eigenvalue weighted by molar-refractivity contribution is 14.0. The molecule has 0 amide bonds. The van der Waals surface area contributed by atoms with Gasteiger partial charge < -0.3 is 19.5 Å². The molecule has 1 saturated heterocycles. The van der Waals surface area contributed by atoms with Crippen LogP contribution in [0.5, 0.6) is 0 Å². The molecule has 1 aliphatic heterocycles. The zero-order valence-corrected chi connectivity index (χ0v) is 14.5. The van der Waals surface area contributed by atoms with Gasteiger partial charge in [-0.2, -0.15) is 4.98 Å². The van der Waals surface area contributed by atoms with Gasteiger partial charge in [0.2, 0.25) is 5.89 Å². The predicted molar refractivity (Wildman–Crippen MR) is 86.2 cm³/mol. The standard InChI is InChI=1S/C12H21N5O2.HI/c1-9-15-11(16-19-9)6-14-12(13-2)17(3)7-10-4-5-18-8-10;/h10H,4-8H2,1-3H3,(H,13,14);1H. The second-order valence-electron chi connectivity index (χ2n) is 4.74. The van der Waals surface area contributed by atoms with E-state index >= 15 is 0 Å². The van der Waals surface area contributed by atoms with Gasteiger partial charge in [0.05, 0.1) is 13.2 Å². The van der Waals surface area contributed by atoms with Crippen molar-refractivity contribution in [2.24, 2.45) is 10.9 Å².